The van der Waals surface area contributed by atoms with Crippen LogP contribution in [0.1, 0.15) is 6.42 Å². The predicted molar refractivity (Wildman–Crippen MR) is 44.0 cm³/mol. The van der Waals surface area contributed by atoms with Gasteiger partial charge in [0.1, 0.15) is 12.2 Å². The maximum absolute atomic E-state index is 9.58. The highest BCUT2D eigenvalue weighted by Crippen LogP contribution is 2.27. The fourth-order valence-electron chi connectivity index (χ4n) is 2.30. The van der Waals surface area contributed by atoms with E-state index in [1.165, 1.54) is 0 Å². The highest BCUT2D eigenvalue weighted by molar-refractivity contribution is 5.01. The molecule has 5 nitrogen and oxygen atoms in total. The van der Waals surface area contributed by atoms with Crippen molar-refractivity contribution in [3.8, 4) is 0 Å². The van der Waals surface area contributed by atoms with Crippen molar-refractivity contribution >= 4 is 0 Å². The van der Waals surface area contributed by atoms with E-state index in [0.717, 1.165) is 0 Å². The quantitative estimate of drug-likeness (QED) is 0.339. The van der Waals surface area contributed by atoms with Gasteiger partial charge >= 0.3 is 0 Å². The summed E-state index contributed by atoms with van der Waals surface area (Å²) in [5.74, 6) is 0. The average molecular weight is 189 g/mol. The molecule has 0 radical (unpaired) electrons. The molecule has 0 aromatic rings. The van der Waals surface area contributed by atoms with Crippen molar-refractivity contribution in [2.45, 2.75) is 36.9 Å². The van der Waals surface area contributed by atoms with Crippen molar-refractivity contribution in [2.75, 3.05) is 13.1 Å². The Morgan fingerprint density at radius 3 is 2.31 bits per heavy atom. The third-order valence-electron chi connectivity index (χ3n) is 3.04. The van der Waals surface area contributed by atoms with Crippen molar-refractivity contribution in [1.29, 1.82) is 0 Å². The van der Waals surface area contributed by atoms with Crippen LogP contribution in [0.25, 0.3) is 0 Å². The van der Waals surface area contributed by atoms with Crippen LogP contribution in [0.2, 0.25) is 0 Å². The highest BCUT2D eigenvalue weighted by Gasteiger charge is 2.47. The second-order valence-corrected chi connectivity index (χ2v) is 3.89. The normalized spacial score (nSPS) is 52.2. The van der Waals surface area contributed by atoms with Crippen LogP contribution in [0.5, 0.6) is 0 Å². The minimum absolute atomic E-state index is 0.333. The molecule has 76 valence electrons. The Morgan fingerprint density at radius 2 is 1.62 bits per heavy atom. The Balaban J connectivity index is 2.15. The first-order valence-corrected chi connectivity index (χ1v) is 4.57. The fraction of sp³-hybridized carbons (Fsp3) is 1.00. The number of piperidine rings is 1. The van der Waals surface area contributed by atoms with Gasteiger partial charge in [0, 0.05) is 13.1 Å². The molecule has 0 bridgehead atoms. The number of aliphatic hydroxyl groups excluding tert-OH is 4. The molecule has 5 heteroatoms. The molecular formula is C8H15NO4. The summed E-state index contributed by atoms with van der Waals surface area (Å²) in [4.78, 5) is 1.83. The van der Waals surface area contributed by atoms with Gasteiger partial charge in [-0.2, -0.15) is 0 Å². The van der Waals surface area contributed by atoms with Gasteiger partial charge in [0.2, 0.25) is 0 Å². The second kappa shape index (κ2) is 3.18. The average Bonchev–Trinajstić information content (AvgIpc) is 2.43. The number of aliphatic hydroxyl groups is 4. The molecule has 5 atom stereocenters. The van der Waals surface area contributed by atoms with Crippen molar-refractivity contribution in [2.24, 2.45) is 0 Å². The molecular weight excluding hydrogens is 174 g/mol. The van der Waals surface area contributed by atoms with Crippen LogP contribution in [-0.2, 0) is 0 Å². The van der Waals surface area contributed by atoms with Crippen LogP contribution in [0.3, 0.4) is 0 Å². The smallest absolute Gasteiger partial charge is 0.109 e. The molecule has 2 heterocycles. The summed E-state index contributed by atoms with van der Waals surface area (Å²) in [5.41, 5.74) is 0. The molecule has 13 heavy (non-hydrogen) atoms. The van der Waals surface area contributed by atoms with Crippen LogP contribution in [0, 0.1) is 0 Å². The first-order chi connectivity index (χ1) is 6.11. The summed E-state index contributed by atoms with van der Waals surface area (Å²) in [6.45, 7) is 1.01. The molecule has 2 aliphatic heterocycles. The lowest BCUT2D eigenvalue weighted by Crippen LogP contribution is -2.61. The number of hydrogen-bond acceptors (Lipinski definition) is 5. The van der Waals surface area contributed by atoms with Gasteiger partial charge in [-0.1, -0.05) is 0 Å². The highest BCUT2D eigenvalue weighted by atomic mass is 16.4. The zero-order valence-electron chi connectivity index (χ0n) is 7.24. The molecule has 4 N–H and O–H groups in total. The standard InChI is InChI=1S/C8H15NO4/c10-4-1-2-9-3-5(11)7(12)8(13)6(4)9/h4-8,10-13H,1-3H2/t4-,5-,6-,7-,8+/m1/s1. The Bertz CT molecular complexity index is 201. The fourth-order valence-corrected chi connectivity index (χ4v) is 2.30. The van der Waals surface area contributed by atoms with Gasteiger partial charge in [-0.05, 0) is 6.42 Å². The maximum Gasteiger partial charge on any atom is 0.109 e. The van der Waals surface area contributed by atoms with E-state index in [-0.39, 0.29) is 0 Å². The molecule has 0 amide bonds. The molecule has 0 aromatic carbocycles. The van der Waals surface area contributed by atoms with Crippen molar-refractivity contribution < 1.29 is 20.4 Å². The summed E-state index contributed by atoms with van der Waals surface area (Å²) in [6, 6.07) is -0.404. The Labute approximate surface area is 76.2 Å². The Kier molecular flexibility index (Phi) is 2.29. The van der Waals surface area contributed by atoms with E-state index >= 15 is 0 Å². The first-order valence-electron chi connectivity index (χ1n) is 4.57. The van der Waals surface area contributed by atoms with Crippen molar-refractivity contribution in [3.05, 3.63) is 0 Å². The number of nitrogens with zero attached hydrogens (tertiary/aromatic N) is 1. The summed E-state index contributed by atoms with van der Waals surface area (Å²) in [6.07, 6.45) is -3.06. The molecule has 0 unspecified atom stereocenters. The molecule has 0 aliphatic carbocycles. The van der Waals surface area contributed by atoms with Crippen LogP contribution >= 0.6 is 0 Å². The van der Waals surface area contributed by atoms with Gasteiger partial charge < -0.3 is 20.4 Å². The molecule has 0 aromatic heterocycles. The molecule has 0 saturated carbocycles. The predicted octanol–water partition coefficient (Wildman–Crippen LogP) is -2.48. The van der Waals surface area contributed by atoms with Crippen LogP contribution < -0.4 is 0 Å². The van der Waals surface area contributed by atoms with Crippen LogP contribution in [0.15, 0.2) is 0 Å². The second-order valence-electron chi connectivity index (χ2n) is 3.89. The van der Waals surface area contributed by atoms with Crippen LogP contribution in [0.4, 0.5) is 0 Å². The van der Waals surface area contributed by atoms with Gasteiger partial charge in [-0.25, -0.2) is 0 Å². The zero-order chi connectivity index (χ0) is 9.59. The Hall–Kier alpha value is -0.200. The van der Waals surface area contributed by atoms with Crippen LogP contribution in [-0.4, -0.2) is 68.9 Å². The Morgan fingerprint density at radius 1 is 0.923 bits per heavy atom. The lowest BCUT2D eigenvalue weighted by atomic mass is 9.93. The molecule has 2 saturated heterocycles. The van der Waals surface area contributed by atoms with E-state index in [2.05, 4.69) is 0 Å². The summed E-state index contributed by atoms with van der Waals surface area (Å²) < 4.78 is 0. The van der Waals surface area contributed by atoms with E-state index in [4.69, 9.17) is 0 Å². The van der Waals surface area contributed by atoms with Gasteiger partial charge in [-0.3, -0.25) is 4.90 Å². The third kappa shape index (κ3) is 1.37. The summed E-state index contributed by atoms with van der Waals surface area (Å²) in [5, 5.41) is 37.8. The van der Waals surface area contributed by atoms with E-state index in [1.54, 1.807) is 0 Å². The monoisotopic (exact) mass is 189 g/mol. The van der Waals surface area contributed by atoms with Gasteiger partial charge in [0.15, 0.2) is 0 Å². The van der Waals surface area contributed by atoms with Gasteiger partial charge in [0.25, 0.3) is 0 Å². The number of fused-ring (bicyclic) bond motifs is 1. The largest absolute Gasteiger partial charge is 0.391 e. The van der Waals surface area contributed by atoms with E-state index < -0.39 is 30.5 Å². The van der Waals surface area contributed by atoms with Crippen molar-refractivity contribution in [3.63, 3.8) is 0 Å². The lowest BCUT2D eigenvalue weighted by Gasteiger charge is -2.40. The van der Waals surface area contributed by atoms with Crippen molar-refractivity contribution in [1.82, 2.24) is 4.90 Å². The first kappa shape index (κ1) is 9.36. The topological polar surface area (TPSA) is 84.2 Å². The van der Waals surface area contributed by atoms with Gasteiger partial charge in [-0.15, -0.1) is 0 Å². The van der Waals surface area contributed by atoms with E-state index in [9.17, 15) is 20.4 Å². The molecule has 2 rings (SSSR count). The van der Waals surface area contributed by atoms with E-state index in [1.807, 2.05) is 4.90 Å². The third-order valence-corrected chi connectivity index (χ3v) is 3.04. The summed E-state index contributed by atoms with van der Waals surface area (Å²) in [7, 11) is 0. The number of rotatable bonds is 0. The molecule has 2 fully saturated rings. The number of hydrogen-bond donors (Lipinski definition) is 4. The molecule has 2 aliphatic rings. The minimum Gasteiger partial charge on any atom is -0.391 e. The zero-order valence-corrected chi connectivity index (χ0v) is 7.24. The van der Waals surface area contributed by atoms with E-state index in [0.29, 0.717) is 19.5 Å². The molecule has 0 spiro atoms. The maximum atomic E-state index is 9.58. The SMILES string of the molecule is O[C@@H]1[C@H](O)[C@H](O)CN2CC[C@@H](O)[C@H]12. The van der Waals surface area contributed by atoms with Gasteiger partial charge in [0.05, 0.1) is 18.2 Å². The minimum atomic E-state index is -1.13. The lowest BCUT2D eigenvalue weighted by molar-refractivity contribution is -0.140. The summed E-state index contributed by atoms with van der Waals surface area (Å²) >= 11 is 0.